The minimum absolute atomic E-state index is 0.0434. The van der Waals surface area contributed by atoms with Crippen LogP contribution in [-0.2, 0) is 16.0 Å². The molecule has 2 fully saturated rings. The highest BCUT2D eigenvalue weighted by atomic mass is 19.3. The summed E-state index contributed by atoms with van der Waals surface area (Å²) in [4.78, 5) is 13.8. The van der Waals surface area contributed by atoms with Gasteiger partial charge in [0, 0.05) is 23.9 Å². The summed E-state index contributed by atoms with van der Waals surface area (Å²) < 4.78 is 49.2. The van der Waals surface area contributed by atoms with E-state index in [1.807, 2.05) is 18.2 Å². The predicted octanol–water partition coefficient (Wildman–Crippen LogP) is 4.31. The van der Waals surface area contributed by atoms with Crippen molar-refractivity contribution in [1.29, 1.82) is 0 Å². The molecule has 1 amide bonds. The number of hydrogen-bond donors (Lipinski definition) is 0. The molecule has 2 aromatic carbocycles. The molecule has 28 heavy (non-hydrogen) atoms. The van der Waals surface area contributed by atoms with E-state index < -0.39 is 42.3 Å². The van der Waals surface area contributed by atoms with Crippen molar-refractivity contribution in [3.05, 3.63) is 59.9 Å². The van der Waals surface area contributed by atoms with E-state index in [2.05, 4.69) is 0 Å². The first-order valence-electron chi connectivity index (χ1n) is 9.51. The van der Waals surface area contributed by atoms with Gasteiger partial charge >= 0.3 is 0 Å². The molecule has 0 aromatic heterocycles. The second-order valence-corrected chi connectivity index (χ2v) is 7.58. The summed E-state index contributed by atoms with van der Waals surface area (Å²) in [5.74, 6) is -4.91. The monoisotopic (exact) mass is 389 g/mol. The summed E-state index contributed by atoms with van der Waals surface area (Å²) >= 11 is 0. The topological polar surface area (TPSA) is 29.5 Å². The van der Waals surface area contributed by atoms with Gasteiger partial charge < -0.3 is 9.64 Å². The third kappa shape index (κ3) is 3.30. The third-order valence-corrected chi connectivity index (χ3v) is 5.87. The zero-order valence-electron chi connectivity index (χ0n) is 15.6. The van der Waals surface area contributed by atoms with Gasteiger partial charge in [0.05, 0.1) is 13.2 Å². The summed E-state index contributed by atoms with van der Waals surface area (Å²) in [7, 11) is 0. The van der Waals surface area contributed by atoms with Gasteiger partial charge in [-0.2, -0.15) is 0 Å². The van der Waals surface area contributed by atoms with Gasteiger partial charge in [0.2, 0.25) is 0 Å². The van der Waals surface area contributed by atoms with E-state index in [4.69, 9.17) is 4.74 Å². The molecule has 2 unspecified atom stereocenters. The van der Waals surface area contributed by atoms with Crippen LogP contribution >= 0.6 is 0 Å². The number of carbonyl (C=O) groups is 1. The average molecular weight is 389 g/mol. The summed E-state index contributed by atoms with van der Waals surface area (Å²) in [6.07, 6.45) is -0.0641. The third-order valence-electron chi connectivity index (χ3n) is 5.87. The van der Waals surface area contributed by atoms with Crippen LogP contribution < -0.4 is 0 Å². The maximum absolute atomic E-state index is 15.2. The van der Waals surface area contributed by atoms with E-state index >= 15 is 4.39 Å². The lowest BCUT2D eigenvalue weighted by Crippen LogP contribution is -2.49. The molecule has 2 heterocycles. The van der Waals surface area contributed by atoms with E-state index in [1.165, 1.54) is 11.8 Å². The molecule has 6 heteroatoms. The Hall–Kier alpha value is -2.34. The zero-order chi connectivity index (χ0) is 19.9. The molecule has 0 saturated carbocycles. The fourth-order valence-electron chi connectivity index (χ4n) is 3.99. The van der Waals surface area contributed by atoms with Crippen molar-refractivity contribution in [2.45, 2.75) is 37.8 Å². The number of likely N-dealkylation sites (tertiary alicyclic amines) is 1. The average Bonchev–Trinajstić information content (AvgIpc) is 2.86. The Bertz CT molecular complexity index is 867. The normalized spacial score (nSPS) is 26.1. The fraction of sp³-hybridized carbons (Fsp3) is 0.409. The highest BCUT2D eigenvalue weighted by Crippen LogP contribution is 2.40. The van der Waals surface area contributed by atoms with Crippen LogP contribution in [0.1, 0.15) is 18.9 Å². The van der Waals surface area contributed by atoms with Gasteiger partial charge in [-0.3, -0.25) is 4.79 Å². The Labute approximate surface area is 162 Å². The van der Waals surface area contributed by atoms with E-state index in [-0.39, 0.29) is 6.42 Å². The van der Waals surface area contributed by atoms with Crippen molar-refractivity contribution in [2.24, 2.45) is 5.92 Å². The standard InChI is InChI=1S/C22H22F3NO2/c1-14-18(26(13-22(14,24)25)21(27)19-10-11-28-19)12-16-8-5-9-17(20(16)23)15-6-3-2-4-7-15/h2-9,14,18-19H,10-13H2,1H3/t14?,18-,19?/m0/s1. The molecule has 3 atom stereocenters. The molecule has 0 N–H and O–H groups in total. The summed E-state index contributed by atoms with van der Waals surface area (Å²) in [5, 5.41) is 0. The first kappa shape index (κ1) is 19.0. The number of benzene rings is 2. The fourth-order valence-corrected chi connectivity index (χ4v) is 3.99. The lowest BCUT2D eigenvalue weighted by atomic mass is 9.91. The van der Waals surface area contributed by atoms with Gasteiger partial charge in [0.1, 0.15) is 11.9 Å². The molecular formula is C22H22F3NO2. The van der Waals surface area contributed by atoms with Crippen LogP contribution in [0.3, 0.4) is 0 Å². The van der Waals surface area contributed by atoms with Crippen molar-refractivity contribution in [3.63, 3.8) is 0 Å². The minimum Gasteiger partial charge on any atom is -0.368 e. The van der Waals surface area contributed by atoms with Crippen molar-refractivity contribution in [3.8, 4) is 11.1 Å². The Kier molecular flexibility index (Phi) is 4.91. The van der Waals surface area contributed by atoms with E-state index in [9.17, 15) is 13.6 Å². The number of nitrogens with zero attached hydrogens (tertiary/aromatic N) is 1. The van der Waals surface area contributed by atoms with Gasteiger partial charge in [0.25, 0.3) is 11.8 Å². The molecule has 2 saturated heterocycles. The Balaban J connectivity index is 1.64. The molecule has 148 valence electrons. The smallest absolute Gasteiger partial charge is 0.269 e. The van der Waals surface area contributed by atoms with Crippen molar-refractivity contribution >= 4 is 5.91 Å². The maximum Gasteiger partial charge on any atom is 0.269 e. The zero-order valence-corrected chi connectivity index (χ0v) is 15.6. The van der Waals surface area contributed by atoms with Gasteiger partial charge in [-0.05, 0) is 17.5 Å². The molecule has 4 rings (SSSR count). The van der Waals surface area contributed by atoms with Crippen molar-refractivity contribution in [2.75, 3.05) is 13.2 Å². The molecule has 0 radical (unpaired) electrons. The molecule has 2 aliphatic heterocycles. The van der Waals surface area contributed by atoms with Crippen LogP contribution in [0.5, 0.6) is 0 Å². The number of hydrogen-bond acceptors (Lipinski definition) is 2. The van der Waals surface area contributed by atoms with Crippen LogP contribution in [0.2, 0.25) is 0 Å². The second kappa shape index (κ2) is 7.24. The molecule has 2 aliphatic rings. The van der Waals surface area contributed by atoms with Gasteiger partial charge in [-0.15, -0.1) is 0 Å². The number of carbonyl (C=O) groups excluding carboxylic acids is 1. The SMILES string of the molecule is CC1[C@H](Cc2cccc(-c3ccccc3)c2F)N(C(=O)C2CCO2)CC1(F)F. The molecule has 2 aromatic rings. The number of halogens is 3. The van der Waals surface area contributed by atoms with Crippen LogP contribution in [0, 0.1) is 11.7 Å². The highest BCUT2D eigenvalue weighted by molar-refractivity contribution is 5.82. The number of amides is 1. The highest BCUT2D eigenvalue weighted by Gasteiger charge is 2.54. The molecule has 3 nitrogen and oxygen atoms in total. The summed E-state index contributed by atoms with van der Waals surface area (Å²) in [6, 6.07) is 13.3. The number of alkyl halides is 2. The minimum atomic E-state index is -3.00. The second-order valence-electron chi connectivity index (χ2n) is 7.58. The van der Waals surface area contributed by atoms with Crippen LogP contribution in [0.25, 0.3) is 11.1 Å². The first-order chi connectivity index (χ1) is 13.4. The number of rotatable bonds is 4. The van der Waals surface area contributed by atoms with E-state index in [1.54, 1.807) is 30.3 Å². The van der Waals surface area contributed by atoms with Gasteiger partial charge in [-0.25, -0.2) is 13.2 Å². The predicted molar refractivity (Wildman–Crippen MR) is 99.5 cm³/mol. The van der Waals surface area contributed by atoms with E-state index in [0.717, 1.165) is 5.56 Å². The summed E-state index contributed by atoms with van der Waals surface area (Å²) in [5.41, 5.74) is 1.49. The Morgan fingerprint density at radius 2 is 1.89 bits per heavy atom. The molecular weight excluding hydrogens is 367 g/mol. The number of ether oxygens (including phenoxy) is 1. The quantitative estimate of drug-likeness (QED) is 0.780. The van der Waals surface area contributed by atoms with Crippen LogP contribution in [0.4, 0.5) is 13.2 Å². The lowest BCUT2D eigenvalue weighted by Gasteiger charge is -2.33. The summed E-state index contributed by atoms with van der Waals surface area (Å²) in [6.45, 7) is 1.25. The van der Waals surface area contributed by atoms with Crippen molar-refractivity contribution in [1.82, 2.24) is 4.90 Å². The first-order valence-corrected chi connectivity index (χ1v) is 9.51. The lowest BCUT2D eigenvalue weighted by molar-refractivity contribution is -0.158. The Morgan fingerprint density at radius 3 is 2.54 bits per heavy atom. The van der Waals surface area contributed by atoms with Gasteiger partial charge in [0.15, 0.2) is 0 Å². The molecule has 0 aliphatic carbocycles. The molecule has 0 bridgehead atoms. The van der Waals surface area contributed by atoms with E-state index in [0.29, 0.717) is 24.2 Å². The van der Waals surface area contributed by atoms with Gasteiger partial charge in [-0.1, -0.05) is 55.5 Å². The maximum atomic E-state index is 15.2. The van der Waals surface area contributed by atoms with Crippen LogP contribution in [0.15, 0.2) is 48.5 Å². The van der Waals surface area contributed by atoms with Crippen LogP contribution in [-0.4, -0.2) is 42.0 Å². The molecule has 0 spiro atoms. The Morgan fingerprint density at radius 1 is 1.18 bits per heavy atom. The van der Waals surface area contributed by atoms with Crippen molar-refractivity contribution < 1.29 is 22.7 Å². The largest absolute Gasteiger partial charge is 0.368 e.